The second kappa shape index (κ2) is 7.21. The summed E-state index contributed by atoms with van der Waals surface area (Å²) in [7, 11) is 1.55. The number of aromatic nitrogens is 2. The summed E-state index contributed by atoms with van der Waals surface area (Å²) >= 11 is 6.24. The van der Waals surface area contributed by atoms with Crippen LogP contribution in [0.1, 0.15) is 17.5 Å². The van der Waals surface area contributed by atoms with E-state index in [0.717, 1.165) is 35.3 Å². The number of hydrogen-bond acceptors (Lipinski definition) is 4. The molecular weight excluding hydrogens is 326 g/mol. The third-order valence-electron chi connectivity index (χ3n) is 4.02. The van der Waals surface area contributed by atoms with Crippen LogP contribution in [0.25, 0.3) is 16.9 Å². The fraction of sp³-hybridized carbons (Fsp3) is 0.278. The summed E-state index contributed by atoms with van der Waals surface area (Å²) in [6.07, 6.45) is 5.80. The van der Waals surface area contributed by atoms with Gasteiger partial charge in [0.25, 0.3) is 0 Å². The van der Waals surface area contributed by atoms with Crippen LogP contribution in [-0.2, 0) is 13.0 Å². The number of nitrogens with two attached hydrogens (primary N) is 1. The number of hydrogen-bond donors (Lipinski definition) is 2. The van der Waals surface area contributed by atoms with Gasteiger partial charge >= 0.3 is 0 Å². The Kier molecular flexibility index (Phi) is 5.04. The largest absolute Gasteiger partial charge is 0.495 e. The van der Waals surface area contributed by atoms with Gasteiger partial charge in [-0.15, -0.1) is 0 Å². The Hall–Kier alpha value is -2.08. The van der Waals surface area contributed by atoms with Gasteiger partial charge in [0.05, 0.1) is 24.4 Å². The lowest BCUT2D eigenvalue weighted by Gasteiger charge is -2.09. The van der Waals surface area contributed by atoms with Crippen molar-refractivity contribution in [2.75, 3.05) is 13.7 Å². The summed E-state index contributed by atoms with van der Waals surface area (Å²) in [6.45, 7) is 0.563. The van der Waals surface area contributed by atoms with Crippen LogP contribution in [0.4, 0.5) is 0 Å². The maximum atomic E-state index is 9.66. The van der Waals surface area contributed by atoms with Crippen LogP contribution in [0.2, 0.25) is 5.02 Å². The van der Waals surface area contributed by atoms with Crippen molar-refractivity contribution in [3.8, 4) is 17.0 Å². The van der Waals surface area contributed by atoms with E-state index < -0.39 is 0 Å². The van der Waals surface area contributed by atoms with E-state index in [-0.39, 0.29) is 6.61 Å². The molecule has 0 aliphatic heterocycles. The second-order valence-corrected chi connectivity index (χ2v) is 6.03. The molecule has 0 amide bonds. The van der Waals surface area contributed by atoms with Gasteiger partial charge in [-0.05, 0) is 54.8 Å². The third-order valence-corrected chi connectivity index (χ3v) is 4.31. The number of fused-ring (bicyclic) bond motifs is 1. The van der Waals surface area contributed by atoms with Crippen LogP contribution in [0.15, 0.2) is 36.7 Å². The smallest absolute Gasteiger partial charge is 0.137 e. The van der Waals surface area contributed by atoms with Crippen LogP contribution in [0.3, 0.4) is 0 Å². The number of halogens is 1. The van der Waals surface area contributed by atoms with E-state index in [2.05, 4.69) is 17.1 Å². The highest BCUT2D eigenvalue weighted by Gasteiger charge is 2.13. The van der Waals surface area contributed by atoms with Gasteiger partial charge in [-0.2, -0.15) is 0 Å². The molecule has 0 radical (unpaired) electrons. The van der Waals surface area contributed by atoms with Gasteiger partial charge in [0, 0.05) is 18.0 Å². The van der Waals surface area contributed by atoms with E-state index in [1.54, 1.807) is 19.2 Å². The van der Waals surface area contributed by atoms with E-state index in [1.807, 2.05) is 16.8 Å². The Bertz CT molecular complexity index is 861. The molecule has 0 aliphatic rings. The minimum absolute atomic E-state index is 0.113. The highest BCUT2D eigenvalue weighted by atomic mass is 35.5. The summed E-state index contributed by atoms with van der Waals surface area (Å²) in [5.41, 5.74) is 9.93. The molecule has 0 saturated carbocycles. The van der Waals surface area contributed by atoms with Gasteiger partial charge in [0.15, 0.2) is 0 Å². The minimum Gasteiger partial charge on any atom is -0.495 e. The fourth-order valence-corrected chi connectivity index (χ4v) is 2.98. The molecule has 3 N–H and O–H groups in total. The predicted octanol–water partition coefficient (Wildman–Crippen LogP) is 3.05. The van der Waals surface area contributed by atoms with Crippen molar-refractivity contribution >= 4 is 17.2 Å². The number of aryl methyl sites for hydroxylation is 1. The standard InChI is InChI=1S/C18H20ClN3O2/c1-24-17-8-13(11-23)14(9-15(17)19)16-10-22-6-4-12(3-2-5-20)7-18(22)21-16/h4,6-10,23H,2-3,5,11,20H2,1H3. The maximum absolute atomic E-state index is 9.66. The zero-order valence-electron chi connectivity index (χ0n) is 13.5. The molecule has 2 aromatic heterocycles. The summed E-state index contributed by atoms with van der Waals surface area (Å²) in [5.74, 6) is 0.539. The van der Waals surface area contributed by atoms with Crippen molar-refractivity contribution in [1.29, 1.82) is 0 Å². The Labute approximate surface area is 145 Å². The quantitative estimate of drug-likeness (QED) is 0.720. The molecule has 24 heavy (non-hydrogen) atoms. The number of aliphatic hydroxyl groups is 1. The molecule has 0 bridgehead atoms. The number of pyridine rings is 1. The lowest BCUT2D eigenvalue weighted by Crippen LogP contribution is -2.00. The molecule has 0 fully saturated rings. The molecule has 6 heteroatoms. The van der Waals surface area contributed by atoms with E-state index in [4.69, 9.17) is 22.1 Å². The molecule has 1 aromatic carbocycles. The summed E-state index contributed by atoms with van der Waals surface area (Å²) in [5, 5.41) is 10.2. The van der Waals surface area contributed by atoms with Crippen LogP contribution >= 0.6 is 11.6 Å². The van der Waals surface area contributed by atoms with Crippen molar-refractivity contribution in [2.45, 2.75) is 19.4 Å². The molecule has 0 spiro atoms. The molecule has 0 aliphatic carbocycles. The van der Waals surface area contributed by atoms with Crippen molar-refractivity contribution < 1.29 is 9.84 Å². The first-order chi connectivity index (χ1) is 11.7. The van der Waals surface area contributed by atoms with Crippen molar-refractivity contribution in [3.63, 3.8) is 0 Å². The van der Waals surface area contributed by atoms with Crippen molar-refractivity contribution in [1.82, 2.24) is 9.38 Å². The van der Waals surface area contributed by atoms with Gasteiger partial charge in [-0.3, -0.25) is 0 Å². The first-order valence-electron chi connectivity index (χ1n) is 7.81. The van der Waals surface area contributed by atoms with Gasteiger partial charge in [0.1, 0.15) is 11.4 Å². The van der Waals surface area contributed by atoms with Gasteiger partial charge in [-0.25, -0.2) is 4.98 Å². The molecule has 5 nitrogen and oxygen atoms in total. The molecule has 0 unspecified atom stereocenters. The van der Waals surface area contributed by atoms with Crippen LogP contribution < -0.4 is 10.5 Å². The molecule has 3 aromatic rings. The number of imidazole rings is 1. The van der Waals surface area contributed by atoms with Crippen molar-refractivity contribution in [2.24, 2.45) is 5.73 Å². The Morgan fingerprint density at radius 1 is 1.33 bits per heavy atom. The van der Waals surface area contributed by atoms with E-state index in [0.29, 0.717) is 17.3 Å². The lowest BCUT2D eigenvalue weighted by atomic mass is 10.1. The van der Waals surface area contributed by atoms with Crippen LogP contribution in [-0.4, -0.2) is 28.1 Å². The Morgan fingerprint density at radius 2 is 2.17 bits per heavy atom. The lowest BCUT2D eigenvalue weighted by molar-refractivity contribution is 0.281. The first kappa shape index (κ1) is 16.8. The second-order valence-electron chi connectivity index (χ2n) is 5.62. The molecule has 3 rings (SSSR count). The van der Waals surface area contributed by atoms with E-state index in [1.165, 1.54) is 5.56 Å². The molecular formula is C18H20ClN3O2. The number of rotatable bonds is 6. The highest BCUT2D eigenvalue weighted by Crippen LogP contribution is 2.33. The predicted molar refractivity (Wildman–Crippen MR) is 95.5 cm³/mol. The summed E-state index contributed by atoms with van der Waals surface area (Å²) in [4.78, 5) is 4.68. The molecule has 0 saturated heterocycles. The highest BCUT2D eigenvalue weighted by molar-refractivity contribution is 6.32. The van der Waals surface area contributed by atoms with Crippen molar-refractivity contribution in [3.05, 3.63) is 52.8 Å². The van der Waals surface area contributed by atoms with E-state index >= 15 is 0 Å². The molecule has 126 valence electrons. The topological polar surface area (TPSA) is 72.8 Å². The van der Waals surface area contributed by atoms with Crippen LogP contribution in [0, 0.1) is 0 Å². The average Bonchev–Trinajstić information content (AvgIpc) is 3.02. The van der Waals surface area contributed by atoms with Gasteiger partial charge < -0.3 is 20.0 Å². The first-order valence-corrected chi connectivity index (χ1v) is 8.19. The number of ether oxygens (including phenoxy) is 1. The number of methoxy groups -OCH3 is 1. The number of nitrogens with zero attached hydrogens (tertiary/aromatic N) is 2. The summed E-state index contributed by atoms with van der Waals surface area (Å²) in [6, 6.07) is 7.66. The average molecular weight is 346 g/mol. The van der Waals surface area contributed by atoms with Gasteiger partial charge in [0.2, 0.25) is 0 Å². The fourth-order valence-electron chi connectivity index (χ4n) is 2.74. The third kappa shape index (κ3) is 3.24. The monoisotopic (exact) mass is 345 g/mol. The number of aliphatic hydroxyl groups excluding tert-OH is 1. The normalized spacial score (nSPS) is 11.2. The van der Waals surface area contributed by atoms with Crippen LogP contribution in [0.5, 0.6) is 5.75 Å². The number of benzene rings is 1. The Balaban J connectivity index is 2.04. The zero-order chi connectivity index (χ0) is 17.1. The van der Waals surface area contributed by atoms with E-state index in [9.17, 15) is 5.11 Å². The van der Waals surface area contributed by atoms with Gasteiger partial charge in [-0.1, -0.05) is 11.6 Å². The SMILES string of the molecule is COc1cc(CO)c(-c2cn3ccc(CCCN)cc3n2)cc1Cl. The Morgan fingerprint density at radius 3 is 2.88 bits per heavy atom. The minimum atomic E-state index is -0.113. The summed E-state index contributed by atoms with van der Waals surface area (Å²) < 4.78 is 7.17. The maximum Gasteiger partial charge on any atom is 0.137 e. The molecule has 0 atom stereocenters. The molecule has 2 heterocycles. The zero-order valence-corrected chi connectivity index (χ0v) is 14.3.